The second kappa shape index (κ2) is 9.46. The molecule has 28 heavy (non-hydrogen) atoms. The van der Waals surface area contributed by atoms with Crippen LogP contribution in [0.5, 0.6) is 0 Å². The number of halogens is 1. The fourth-order valence-electron chi connectivity index (χ4n) is 3.71. The van der Waals surface area contributed by atoms with Gasteiger partial charge in [0.2, 0.25) is 11.8 Å². The van der Waals surface area contributed by atoms with Gasteiger partial charge in [0.25, 0.3) is 0 Å². The molecule has 2 aromatic carbocycles. The summed E-state index contributed by atoms with van der Waals surface area (Å²) in [5.41, 5.74) is 2.05. The Morgan fingerprint density at radius 2 is 1.79 bits per heavy atom. The van der Waals surface area contributed by atoms with E-state index in [0.717, 1.165) is 37.8 Å². The maximum atomic E-state index is 13.7. The van der Waals surface area contributed by atoms with Crippen LogP contribution in [0.4, 0.5) is 15.8 Å². The Kier molecular flexibility index (Phi) is 6.76. The van der Waals surface area contributed by atoms with Gasteiger partial charge in [-0.2, -0.15) is 0 Å². The Bertz CT molecular complexity index is 840. The number of hydrogen-bond donors (Lipinski definition) is 2. The van der Waals surface area contributed by atoms with Crippen molar-refractivity contribution in [1.82, 2.24) is 4.90 Å². The second-order valence-electron chi connectivity index (χ2n) is 7.17. The largest absolute Gasteiger partial charge is 0.325 e. The SMILES string of the molecule is CC(=O)Nc1ccccc1NC(=O)CN1CCCCCC1c1cccc(F)c1. The van der Waals surface area contributed by atoms with Crippen molar-refractivity contribution in [3.05, 3.63) is 59.9 Å². The number of anilines is 2. The fourth-order valence-corrected chi connectivity index (χ4v) is 3.71. The zero-order valence-corrected chi connectivity index (χ0v) is 16.1. The van der Waals surface area contributed by atoms with E-state index in [9.17, 15) is 14.0 Å². The van der Waals surface area contributed by atoms with Crippen molar-refractivity contribution in [3.8, 4) is 0 Å². The molecule has 0 aliphatic carbocycles. The Morgan fingerprint density at radius 3 is 2.50 bits per heavy atom. The fraction of sp³-hybridized carbons (Fsp3) is 0.364. The average Bonchev–Trinajstić information content (AvgIpc) is 2.88. The molecule has 2 N–H and O–H groups in total. The number of amides is 2. The van der Waals surface area contributed by atoms with Crippen LogP contribution in [0.1, 0.15) is 44.2 Å². The zero-order valence-electron chi connectivity index (χ0n) is 16.1. The van der Waals surface area contributed by atoms with Crippen LogP contribution in [0.3, 0.4) is 0 Å². The van der Waals surface area contributed by atoms with Crippen molar-refractivity contribution < 1.29 is 14.0 Å². The van der Waals surface area contributed by atoms with Crippen LogP contribution in [0.25, 0.3) is 0 Å². The summed E-state index contributed by atoms with van der Waals surface area (Å²) in [6.45, 7) is 2.44. The third kappa shape index (κ3) is 5.39. The Morgan fingerprint density at radius 1 is 1.04 bits per heavy atom. The molecular weight excluding hydrogens is 357 g/mol. The van der Waals surface area contributed by atoms with E-state index in [1.54, 1.807) is 30.3 Å². The van der Waals surface area contributed by atoms with Gasteiger partial charge in [0.05, 0.1) is 17.9 Å². The van der Waals surface area contributed by atoms with Gasteiger partial charge >= 0.3 is 0 Å². The van der Waals surface area contributed by atoms with Crippen molar-refractivity contribution in [1.29, 1.82) is 0 Å². The molecule has 2 amide bonds. The lowest BCUT2D eigenvalue weighted by molar-refractivity contribution is -0.118. The van der Waals surface area contributed by atoms with Gasteiger partial charge in [-0.1, -0.05) is 37.1 Å². The number of likely N-dealkylation sites (tertiary alicyclic amines) is 1. The topological polar surface area (TPSA) is 61.4 Å². The van der Waals surface area contributed by atoms with E-state index < -0.39 is 0 Å². The minimum absolute atomic E-state index is 0.0227. The van der Waals surface area contributed by atoms with E-state index in [2.05, 4.69) is 15.5 Å². The summed E-state index contributed by atoms with van der Waals surface area (Å²) in [5.74, 6) is -0.600. The summed E-state index contributed by atoms with van der Waals surface area (Å²) in [6, 6.07) is 13.8. The maximum Gasteiger partial charge on any atom is 0.238 e. The van der Waals surface area contributed by atoms with E-state index in [-0.39, 0.29) is 30.2 Å². The molecule has 2 aromatic rings. The number of carbonyl (C=O) groups excluding carboxylic acids is 2. The highest BCUT2D eigenvalue weighted by Gasteiger charge is 2.25. The molecule has 0 spiro atoms. The minimum Gasteiger partial charge on any atom is -0.325 e. The summed E-state index contributed by atoms with van der Waals surface area (Å²) < 4.78 is 13.7. The van der Waals surface area contributed by atoms with Gasteiger partial charge in [-0.05, 0) is 49.2 Å². The van der Waals surface area contributed by atoms with Gasteiger partial charge in [-0.3, -0.25) is 14.5 Å². The highest BCUT2D eigenvalue weighted by atomic mass is 19.1. The lowest BCUT2D eigenvalue weighted by Gasteiger charge is -2.30. The summed E-state index contributed by atoms with van der Waals surface area (Å²) in [4.78, 5) is 26.2. The van der Waals surface area contributed by atoms with Crippen LogP contribution >= 0.6 is 0 Å². The summed E-state index contributed by atoms with van der Waals surface area (Å²) in [5, 5.41) is 5.62. The molecule has 1 aliphatic rings. The molecule has 3 rings (SSSR count). The molecule has 0 aromatic heterocycles. The predicted molar refractivity (Wildman–Crippen MR) is 109 cm³/mol. The molecule has 1 aliphatic heterocycles. The normalized spacial score (nSPS) is 17.6. The van der Waals surface area contributed by atoms with Crippen molar-refractivity contribution >= 4 is 23.2 Å². The summed E-state index contributed by atoms with van der Waals surface area (Å²) in [6.07, 6.45) is 4.08. The zero-order chi connectivity index (χ0) is 19.9. The van der Waals surface area contributed by atoms with Crippen molar-refractivity contribution in [3.63, 3.8) is 0 Å². The molecule has 1 heterocycles. The first-order valence-corrected chi connectivity index (χ1v) is 9.69. The predicted octanol–water partition coefficient (Wildman–Crippen LogP) is 4.34. The van der Waals surface area contributed by atoms with Crippen LogP contribution < -0.4 is 10.6 Å². The standard InChI is InChI=1S/C22H26FN3O2/c1-16(27)24-19-10-4-5-11-20(19)25-22(28)15-26-13-6-2-3-12-21(26)17-8-7-9-18(23)14-17/h4-5,7-11,14,21H,2-3,6,12-13,15H2,1H3,(H,24,27)(H,25,28). The molecule has 0 bridgehead atoms. The quantitative estimate of drug-likeness (QED) is 0.807. The number of benzene rings is 2. The highest BCUT2D eigenvalue weighted by Crippen LogP contribution is 2.30. The second-order valence-corrected chi connectivity index (χ2v) is 7.17. The Hall–Kier alpha value is -2.73. The third-order valence-corrected chi connectivity index (χ3v) is 4.96. The van der Waals surface area contributed by atoms with Crippen LogP contribution in [0, 0.1) is 5.82 Å². The van der Waals surface area contributed by atoms with Crippen LogP contribution in [-0.2, 0) is 9.59 Å². The first-order valence-electron chi connectivity index (χ1n) is 9.69. The monoisotopic (exact) mass is 383 g/mol. The minimum atomic E-state index is -0.254. The molecule has 0 radical (unpaired) electrons. The van der Waals surface area contributed by atoms with Crippen LogP contribution in [0.2, 0.25) is 0 Å². The lowest BCUT2D eigenvalue weighted by atomic mass is 10.0. The number of para-hydroxylation sites is 2. The van der Waals surface area contributed by atoms with Crippen LogP contribution in [0.15, 0.2) is 48.5 Å². The van der Waals surface area contributed by atoms with Crippen molar-refractivity contribution in [2.75, 3.05) is 23.7 Å². The number of nitrogens with zero attached hydrogens (tertiary/aromatic N) is 1. The Balaban J connectivity index is 1.73. The van der Waals surface area contributed by atoms with Gasteiger partial charge in [0, 0.05) is 13.0 Å². The number of rotatable bonds is 5. The number of carbonyl (C=O) groups is 2. The first-order chi connectivity index (χ1) is 13.5. The van der Waals surface area contributed by atoms with Gasteiger partial charge in [0.1, 0.15) is 5.82 Å². The highest BCUT2D eigenvalue weighted by molar-refractivity contribution is 5.99. The van der Waals surface area contributed by atoms with Crippen LogP contribution in [-0.4, -0.2) is 29.8 Å². The van der Waals surface area contributed by atoms with Gasteiger partial charge in [-0.25, -0.2) is 4.39 Å². The molecule has 1 fully saturated rings. The molecular formula is C22H26FN3O2. The van der Waals surface area contributed by atoms with Crippen molar-refractivity contribution in [2.24, 2.45) is 0 Å². The molecule has 0 saturated carbocycles. The third-order valence-electron chi connectivity index (χ3n) is 4.96. The summed E-state index contributed by atoms with van der Waals surface area (Å²) >= 11 is 0. The maximum absolute atomic E-state index is 13.7. The van der Waals surface area contributed by atoms with Gasteiger partial charge in [0.15, 0.2) is 0 Å². The molecule has 1 atom stereocenters. The Labute approximate surface area is 164 Å². The molecule has 6 heteroatoms. The number of hydrogen-bond acceptors (Lipinski definition) is 3. The van der Waals surface area contributed by atoms with Crippen molar-refractivity contribution in [2.45, 2.75) is 38.6 Å². The van der Waals surface area contributed by atoms with E-state index in [1.165, 1.54) is 13.0 Å². The summed E-state index contributed by atoms with van der Waals surface area (Å²) in [7, 11) is 0. The first kappa shape index (κ1) is 20.0. The molecule has 1 saturated heterocycles. The molecule has 1 unspecified atom stereocenters. The van der Waals surface area contributed by atoms with E-state index in [0.29, 0.717) is 11.4 Å². The lowest BCUT2D eigenvalue weighted by Crippen LogP contribution is -2.36. The van der Waals surface area contributed by atoms with E-state index in [4.69, 9.17) is 0 Å². The molecule has 148 valence electrons. The molecule has 5 nitrogen and oxygen atoms in total. The van der Waals surface area contributed by atoms with E-state index >= 15 is 0 Å². The van der Waals surface area contributed by atoms with Gasteiger partial charge in [-0.15, -0.1) is 0 Å². The van der Waals surface area contributed by atoms with Gasteiger partial charge < -0.3 is 10.6 Å². The average molecular weight is 383 g/mol. The van der Waals surface area contributed by atoms with E-state index in [1.807, 2.05) is 12.1 Å². The smallest absolute Gasteiger partial charge is 0.238 e. The number of nitrogens with one attached hydrogen (secondary N) is 2.